The zero-order chi connectivity index (χ0) is 19.5. The largest absolute Gasteiger partial charge is 0.573 e. The molecule has 11 heteroatoms. The number of anilines is 1. The summed E-state index contributed by atoms with van der Waals surface area (Å²) < 4.78 is 77.4. The van der Waals surface area contributed by atoms with Gasteiger partial charge in [0.2, 0.25) is 0 Å². The molecule has 0 aliphatic rings. The quantitative estimate of drug-likeness (QED) is 0.776. The topological polar surface area (TPSA) is 73.9 Å². The van der Waals surface area contributed by atoms with Crippen LogP contribution in [-0.4, -0.2) is 29.0 Å². The van der Waals surface area contributed by atoms with Gasteiger partial charge in [0.05, 0.1) is 29.8 Å². The highest BCUT2D eigenvalue weighted by Gasteiger charge is 2.31. The first-order valence-electron chi connectivity index (χ1n) is 6.86. The van der Waals surface area contributed by atoms with Crippen molar-refractivity contribution in [3.8, 4) is 17.2 Å². The Balaban J connectivity index is 2.31. The summed E-state index contributed by atoms with van der Waals surface area (Å²) in [6.45, 7) is 0. The normalized spacial score (nSPS) is 11.8. The molecule has 1 N–H and O–H groups in total. The summed E-state index contributed by atoms with van der Waals surface area (Å²) in [4.78, 5) is -0.275. The van der Waals surface area contributed by atoms with Crippen LogP contribution in [0.3, 0.4) is 0 Å². The minimum absolute atomic E-state index is 0.0457. The number of nitrogens with one attached hydrogen (secondary N) is 1. The SMILES string of the molecule is COc1cc(NS(=O)(=O)c2ccc(OC(F)(F)F)cc2)c(OC)cc1Cl. The van der Waals surface area contributed by atoms with E-state index in [9.17, 15) is 21.6 Å². The van der Waals surface area contributed by atoms with Crippen LogP contribution >= 0.6 is 11.6 Å². The van der Waals surface area contributed by atoms with Gasteiger partial charge in [-0.3, -0.25) is 4.72 Å². The Morgan fingerprint density at radius 1 is 1.00 bits per heavy atom. The van der Waals surface area contributed by atoms with E-state index in [1.807, 2.05) is 0 Å². The lowest BCUT2D eigenvalue weighted by atomic mass is 10.3. The molecule has 0 saturated heterocycles. The van der Waals surface area contributed by atoms with Crippen LogP contribution < -0.4 is 18.9 Å². The van der Waals surface area contributed by atoms with Crippen LogP contribution in [0.4, 0.5) is 18.9 Å². The van der Waals surface area contributed by atoms with E-state index in [-0.39, 0.29) is 27.1 Å². The van der Waals surface area contributed by atoms with Crippen molar-refractivity contribution < 1.29 is 35.8 Å². The Morgan fingerprint density at radius 3 is 2.08 bits per heavy atom. The minimum atomic E-state index is -4.87. The summed E-state index contributed by atoms with van der Waals surface area (Å²) in [7, 11) is -1.44. The molecule has 0 saturated carbocycles. The van der Waals surface area contributed by atoms with E-state index in [0.29, 0.717) is 0 Å². The van der Waals surface area contributed by atoms with Gasteiger partial charge in [-0.25, -0.2) is 8.42 Å². The van der Waals surface area contributed by atoms with Crippen molar-refractivity contribution in [2.75, 3.05) is 18.9 Å². The second kappa shape index (κ2) is 7.50. The van der Waals surface area contributed by atoms with Crippen molar-refractivity contribution in [3.05, 3.63) is 41.4 Å². The summed E-state index contributed by atoms with van der Waals surface area (Å²) in [5, 5.41) is 0.209. The second-order valence-corrected chi connectivity index (χ2v) is 6.90. The summed E-state index contributed by atoms with van der Waals surface area (Å²) >= 11 is 5.95. The Labute approximate surface area is 152 Å². The predicted molar refractivity (Wildman–Crippen MR) is 88.5 cm³/mol. The third-order valence-electron chi connectivity index (χ3n) is 3.09. The first-order chi connectivity index (χ1) is 12.1. The zero-order valence-electron chi connectivity index (χ0n) is 13.4. The average Bonchev–Trinajstić information content (AvgIpc) is 2.54. The van der Waals surface area contributed by atoms with Gasteiger partial charge in [0, 0.05) is 12.1 Å². The van der Waals surface area contributed by atoms with Gasteiger partial charge >= 0.3 is 6.36 Å². The Kier molecular flexibility index (Phi) is 5.77. The molecule has 6 nitrogen and oxygen atoms in total. The molecule has 0 atom stereocenters. The molecule has 2 rings (SSSR count). The summed E-state index contributed by atoms with van der Waals surface area (Å²) in [6.07, 6.45) is -4.87. The van der Waals surface area contributed by atoms with E-state index in [2.05, 4.69) is 9.46 Å². The molecule has 0 spiro atoms. The van der Waals surface area contributed by atoms with E-state index >= 15 is 0 Å². The van der Waals surface area contributed by atoms with Crippen LogP contribution in [-0.2, 0) is 10.0 Å². The van der Waals surface area contributed by atoms with Crippen LogP contribution in [0.25, 0.3) is 0 Å². The molecule has 0 bridgehead atoms. The zero-order valence-corrected chi connectivity index (χ0v) is 15.0. The van der Waals surface area contributed by atoms with Gasteiger partial charge in [0.25, 0.3) is 10.0 Å². The Morgan fingerprint density at radius 2 is 1.58 bits per heavy atom. The van der Waals surface area contributed by atoms with Crippen LogP contribution in [0, 0.1) is 0 Å². The van der Waals surface area contributed by atoms with E-state index in [4.69, 9.17) is 21.1 Å². The molecule has 0 aliphatic carbocycles. The number of halogens is 4. The van der Waals surface area contributed by atoms with Gasteiger partial charge in [0.15, 0.2) is 0 Å². The lowest BCUT2D eigenvalue weighted by molar-refractivity contribution is -0.274. The van der Waals surface area contributed by atoms with Gasteiger partial charge in [-0.15, -0.1) is 13.2 Å². The molecule has 0 fully saturated rings. The van der Waals surface area contributed by atoms with Gasteiger partial charge in [-0.1, -0.05) is 11.6 Å². The minimum Gasteiger partial charge on any atom is -0.495 e. The standard InChI is InChI=1S/C15H13ClF3NO5S/c1-23-13-8-12(14(24-2)7-11(13)16)20-26(21,22)10-5-3-9(4-6-10)25-15(17,18)19/h3-8,20H,1-2H3. The van der Waals surface area contributed by atoms with E-state index in [1.165, 1.54) is 26.4 Å². The van der Waals surface area contributed by atoms with Crippen LogP contribution in [0.2, 0.25) is 5.02 Å². The molecule has 2 aromatic rings. The van der Waals surface area contributed by atoms with Gasteiger partial charge in [-0.2, -0.15) is 0 Å². The molecule has 2 aromatic carbocycles. The summed E-state index contributed by atoms with van der Waals surface area (Å²) in [6, 6.07) is 6.41. The van der Waals surface area contributed by atoms with Crippen molar-refractivity contribution in [2.45, 2.75) is 11.3 Å². The predicted octanol–water partition coefficient (Wildman–Crippen LogP) is 4.06. The number of alkyl halides is 3. The van der Waals surface area contributed by atoms with E-state index in [1.54, 1.807) is 0 Å². The maximum Gasteiger partial charge on any atom is 0.573 e. The van der Waals surface area contributed by atoms with Crippen molar-refractivity contribution in [2.24, 2.45) is 0 Å². The number of methoxy groups -OCH3 is 2. The third-order valence-corrected chi connectivity index (χ3v) is 4.76. The number of benzene rings is 2. The lowest BCUT2D eigenvalue weighted by Crippen LogP contribution is -2.17. The monoisotopic (exact) mass is 411 g/mol. The highest BCUT2D eigenvalue weighted by atomic mass is 35.5. The average molecular weight is 412 g/mol. The molecule has 26 heavy (non-hydrogen) atoms. The van der Waals surface area contributed by atoms with E-state index in [0.717, 1.165) is 24.3 Å². The maximum absolute atomic E-state index is 12.4. The molecular weight excluding hydrogens is 399 g/mol. The highest BCUT2D eigenvalue weighted by molar-refractivity contribution is 7.92. The molecular formula is C15H13ClF3NO5S. The summed E-state index contributed by atoms with van der Waals surface area (Å²) in [5.41, 5.74) is 0.0457. The molecule has 142 valence electrons. The van der Waals surface area contributed by atoms with Gasteiger partial charge < -0.3 is 14.2 Å². The van der Waals surface area contributed by atoms with Crippen molar-refractivity contribution in [3.63, 3.8) is 0 Å². The first-order valence-corrected chi connectivity index (χ1v) is 8.72. The number of hydrogen-bond donors (Lipinski definition) is 1. The van der Waals surface area contributed by atoms with Crippen molar-refractivity contribution >= 4 is 27.3 Å². The molecule has 0 aromatic heterocycles. The number of hydrogen-bond acceptors (Lipinski definition) is 5. The smallest absolute Gasteiger partial charge is 0.495 e. The lowest BCUT2D eigenvalue weighted by Gasteiger charge is -2.14. The van der Waals surface area contributed by atoms with Crippen LogP contribution in [0.15, 0.2) is 41.3 Å². The van der Waals surface area contributed by atoms with Crippen LogP contribution in [0.5, 0.6) is 17.2 Å². The van der Waals surface area contributed by atoms with Gasteiger partial charge in [0.1, 0.15) is 17.2 Å². The molecule has 0 unspecified atom stereocenters. The first kappa shape index (κ1) is 20.0. The fourth-order valence-electron chi connectivity index (χ4n) is 1.96. The Hall–Kier alpha value is -2.33. The van der Waals surface area contributed by atoms with E-state index < -0.39 is 22.1 Å². The van der Waals surface area contributed by atoms with Gasteiger partial charge in [-0.05, 0) is 24.3 Å². The number of sulfonamides is 1. The molecule has 0 aliphatic heterocycles. The highest BCUT2D eigenvalue weighted by Crippen LogP contribution is 2.37. The fourth-order valence-corrected chi connectivity index (χ4v) is 3.26. The number of ether oxygens (including phenoxy) is 3. The molecule has 0 radical (unpaired) electrons. The van der Waals surface area contributed by atoms with Crippen molar-refractivity contribution in [1.29, 1.82) is 0 Å². The summed E-state index contributed by atoms with van der Waals surface area (Å²) in [5.74, 6) is -0.197. The third kappa shape index (κ3) is 4.85. The molecule has 0 heterocycles. The Bertz CT molecular complexity index is 885. The maximum atomic E-state index is 12.4. The number of rotatable bonds is 6. The second-order valence-electron chi connectivity index (χ2n) is 4.81. The van der Waals surface area contributed by atoms with Crippen LogP contribution in [0.1, 0.15) is 0 Å². The fraction of sp³-hybridized carbons (Fsp3) is 0.200. The van der Waals surface area contributed by atoms with Crippen molar-refractivity contribution in [1.82, 2.24) is 0 Å². The molecule has 0 amide bonds.